The van der Waals surface area contributed by atoms with Crippen molar-refractivity contribution in [3.8, 4) is 0 Å². The summed E-state index contributed by atoms with van der Waals surface area (Å²) in [4.78, 5) is 7.69. The SMILES string of the molecule is Nc1ccc2nc(SCc3ccc(F)c(Br)c3)[nH]c2c1. The van der Waals surface area contributed by atoms with Crippen molar-refractivity contribution in [1.29, 1.82) is 0 Å². The van der Waals surface area contributed by atoms with Crippen molar-refractivity contribution in [3.05, 3.63) is 52.3 Å². The molecule has 3 nitrogen and oxygen atoms in total. The zero-order valence-corrected chi connectivity index (χ0v) is 12.8. The van der Waals surface area contributed by atoms with E-state index in [1.54, 1.807) is 23.9 Å². The Labute approximate surface area is 127 Å². The summed E-state index contributed by atoms with van der Waals surface area (Å²) in [5, 5.41) is 0.825. The molecular formula is C14H11BrFN3S. The molecule has 3 aromatic rings. The highest BCUT2D eigenvalue weighted by Gasteiger charge is 2.05. The van der Waals surface area contributed by atoms with Crippen LogP contribution in [-0.4, -0.2) is 9.97 Å². The Morgan fingerprint density at radius 2 is 2.10 bits per heavy atom. The highest BCUT2D eigenvalue weighted by Crippen LogP contribution is 2.26. The molecule has 0 unspecified atom stereocenters. The van der Waals surface area contributed by atoms with Crippen LogP contribution < -0.4 is 5.73 Å². The topological polar surface area (TPSA) is 54.7 Å². The van der Waals surface area contributed by atoms with Gasteiger partial charge in [0.05, 0.1) is 15.5 Å². The maximum atomic E-state index is 13.2. The van der Waals surface area contributed by atoms with Gasteiger partial charge in [-0.15, -0.1) is 0 Å². The first-order chi connectivity index (χ1) is 9.61. The van der Waals surface area contributed by atoms with Crippen molar-refractivity contribution >= 4 is 44.4 Å². The lowest BCUT2D eigenvalue weighted by Crippen LogP contribution is -1.84. The minimum absolute atomic E-state index is 0.252. The average Bonchev–Trinajstić information content (AvgIpc) is 2.82. The van der Waals surface area contributed by atoms with Gasteiger partial charge in [0, 0.05) is 11.4 Å². The largest absolute Gasteiger partial charge is 0.399 e. The summed E-state index contributed by atoms with van der Waals surface area (Å²) in [6.45, 7) is 0. The minimum atomic E-state index is -0.252. The Morgan fingerprint density at radius 1 is 1.25 bits per heavy atom. The van der Waals surface area contributed by atoms with Crippen molar-refractivity contribution in [2.24, 2.45) is 0 Å². The van der Waals surface area contributed by atoms with Crippen molar-refractivity contribution in [2.75, 3.05) is 5.73 Å². The third kappa shape index (κ3) is 2.81. The van der Waals surface area contributed by atoms with Gasteiger partial charge < -0.3 is 10.7 Å². The maximum Gasteiger partial charge on any atom is 0.166 e. The molecule has 0 bridgehead atoms. The van der Waals surface area contributed by atoms with Gasteiger partial charge in [-0.3, -0.25) is 0 Å². The van der Waals surface area contributed by atoms with Crippen LogP contribution in [0, 0.1) is 5.82 Å². The number of hydrogen-bond donors (Lipinski definition) is 2. The number of fused-ring (bicyclic) bond motifs is 1. The molecule has 0 radical (unpaired) electrons. The van der Waals surface area contributed by atoms with Gasteiger partial charge in [0.1, 0.15) is 5.82 Å². The highest BCUT2D eigenvalue weighted by molar-refractivity contribution is 9.10. The molecule has 6 heteroatoms. The number of halogens is 2. The second-order valence-corrected chi connectivity index (χ2v) is 6.17. The van der Waals surface area contributed by atoms with Crippen molar-refractivity contribution < 1.29 is 4.39 Å². The Bertz CT molecular complexity index is 772. The first kappa shape index (κ1) is 13.5. The predicted octanol–water partition coefficient (Wildman–Crippen LogP) is 4.34. The minimum Gasteiger partial charge on any atom is -0.399 e. The lowest BCUT2D eigenvalue weighted by Gasteiger charge is -2.01. The van der Waals surface area contributed by atoms with E-state index in [0.717, 1.165) is 21.8 Å². The monoisotopic (exact) mass is 351 g/mol. The van der Waals surface area contributed by atoms with Gasteiger partial charge in [-0.1, -0.05) is 17.8 Å². The fourth-order valence-corrected chi connectivity index (χ4v) is 3.11. The summed E-state index contributed by atoms with van der Waals surface area (Å²) in [5.41, 5.74) is 9.29. The van der Waals surface area contributed by atoms with Crippen LogP contribution in [0.3, 0.4) is 0 Å². The standard InChI is InChI=1S/C14H11BrFN3S/c15-10-5-8(1-3-11(10)16)7-20-14-18-12-4-2-9(17)6-13(12)19-14/h1-6H,7,17H2,(H,18,19). The van der Waals surface area contributed by atoms with E-state index in [9.17, 15) is 4.39 Å². The summed E-state index contributed by atoms with van der Waals surface area (Å²) in [7, 11) is 0. The van der Waals surface area contributed by atoms with Crippen molar-refractivity contribution in [2.45, 2.75) is 10.9 Å². The average molecular weight is 352 g/mol. The lowest BCUT2D eigenvalue weighted by molar-refractivity contribution is 0.620. The van der Waals surface area contributed by atoms with Crippen LogP contribution in [0.2, 0.25) is 0 Å². The maximum absolute atomic E-state index is 13.2. The van der Waals surface area contributed by atoms with Crippen LogP contribution in [0.15, 0.2) is 46.0 Å². The fraction of sp³-hybridized carbons (Fsp3) is 0.0714. The van der Waals surface area contributed by atoms with Gasteiger partial charge in [-0.2, -0.15) is 0 Å². The smallest absolute Gasteiger partial charge is 0.166 e. The number of thioether (sulfide) groups is 1. The van der Waals surface area contributed by atoms with Crippen molar-refractivity contribution in [1.82, 2.24) is 9.97 Å². The summed E-state index contributed by atoms with van der Waals surface area (Å²) in [6, 6.07) is 10.6. The Morgan fingerprint density at radius 3 is 2.90 bits per heavy atom. The number of imidazole rings is 1. The number of aromatic nitrogens is 2. The summed E-state index contributed by atoms with van der Waals surface area (Å²) in [5.74, 6) is 0.465. The van der Waals surface area contributed by atoms with E-state index < -0.39 is 0 Å². The van der Waals surface area contributed by atoms with E-state index in [1.807, 2.05) is 18.2 Å². The molecule has 0 aliphatic heterocycles. The van der Waals surface area contributed by atoms with Crippen LogP contribution >= 0.6 is 27.7 Å². The summed E-state index contributed by atoms with van der Waals surface area (Å²) < 4.78 is 13.6. The molecule has 0 aliphatic rings. The van der Waals surface area contributed by atoms with Crippen LogP contribution in [-0.2, 0) is 5.75 Å². The van der Waals surface area contributed by atoms with E-state index in [0.29, 0.717) is 15.9 Å². The Balaban J connectivity index is 1.77. The molecule has 0 aliphatic carbocycles. The van der Waals surface area contributed by atoms with Crippen LogP contribution in [0.25, 0.3) is 11.0 Å². The number of anilines is 1. The summed E-state index contributed by atoms with van der Waals surface area (Å²) in [6.07, 6.45) is 0. The van der Waals surface area contributed by atoms with E-state index in [-0.39, 0.29) is 5.82 Å². The molecule has 20 heavy (non-hydrogen) atoms. The quantitative estimate of drug-likeness (QED) is 0.545. The van der Waals surface area contributed by atoms with Crippen LogP contribution in [0.4, 0.5) is 10.1 Å². The van der Waals surface area contributed by atoms with E-state index in [2.05, 4.69) is 25.9 Å². The summed E-state index contributed by atoms with van der Waals surface area (Å²) >= 11 is 4.76. The molecule has 1 aromatic heterocycles. The number of nitrogens with zero attached hydrogens (tertiary/aromatic N) is 1. The number of hydrogen-bond acceptors (Lipinski definition) is 3. The molecule has 102 valence electrons. The molecule has 0 saturated carbocycles. The van der Waals surface area contributed by atoms with Gasteiger partial charge >= 0.3 is 0 Å². The molecule has 1 heterocycles. The molecule has 3 N–H and O–H groups in total. The second kappa shape index (κ2) is 5.46. The predicted molar refractivity (Wildman–Crippen MR) is 84.2 cm³/mol. The van der Waals surface area contributed by atoms with E-state index in [4.69, 9.17) is 5.73 Å². The molecular weight excluding hydrogens is 341 g/mol. The van der Waals surface area contributed by atoms with Gasteiger partial charge in [-0.25, -0.2) is 9.37 Å². The van der Waals surface area contributed by atoms with Gasteiger partial charge in [0.15, 0.2) is 5.16 Å². The molecule has 0 saturated heterocycles. The number of benzene rings is 2. The lowest BCUT2D eigenvalue weighted by atomic mass is 10.2. The molecule has 0 atom stereocenters. The zero-order chi connectivity index (χ0) is 14.1. The fourth-order valence-electron chi connectivity index (χ4n) is 1.85. The number of nitrogens with one attached hydrogen (secondary N) is 1. The number of nitrogen functional groups attached to an aromatic ring is 1. The molecule has 2 aromatic carbocycles. The number of rotatable bonds is 3. The number of H-pyrrole nitrogens is 1. The molecule has 3 rings (SSSR count). The number of aromatic amines is 1. The third-order valence-corrected chi connectivity index (χ3v) is 4.40. The molecule has 0 fully saturated rings. The number of nitrogens with two attached hydrogens (primary N) is 1. The normalized spacial score (nSPS) is 11.1. The molecule has 0 spiro atoms. The highest BCUT2D eigenvalue weighted by atomic mass is 79.9. The third-order valence-electron chi connectivity index (χ3n) is 2.84. The molecule has 0 amide bonds. The van der Waals surface area contributed by atoms with Gasteiger partial charge in [0.2, 0.25) is 0 Å². The van der Waals surface area contributed by atoms with E-state index in [1.165, 1.54) is 6.07 Å². The first-order valence-electron chi connectivity index (χ1n) is 5.94. The van der Waals surface area contributed by atoms with Crippen LogP contribution in [0.5, 0.6) is 0 Å². The van der Waals surface area contributed by atoms with Gasteiger partial charge in [0.25, 0.3) is 0 Å². The van der Waals surface area contributed by atoms with E-state index >= 15 is 0 Å². The first-order valence-corrected chi connectivity index (χ1v) is 7.71. The zero-order valence-electron chi connectivity index (χ0n) is 10.4. The van der Waals surface area contributed by atoms with Crippen molar-refractivity contribution in [3.63, 3.8) is 0 Å². The Hall–Kier alpha value is -1.53. The Kier molecular flexibility index (Phi) is 3.67. The second-order valence-electron chi connectivity index (χ2n) is 4.36. The van der Waals surface area contributed by atoms with Gasteiger partial charge in [-0.05, 0) is 51.8 Å². The van der Waals surface area contributed by atoms with Crippen LogP contribution in [0.1, 0.15) is 5.56 Å².